The number of anilines is 1. The summed E-state index contributed by atoms with van der Waals surface area (Å²) in [5.41, 5.74) is 9.18. The number of carbonyl (C=O) groups excluding carboxylic acids is 1. The Balaban J connectivity index is 1.66. The molecule has 1 fully saturated rings. The molecule has 2 heterocycles. The maximum absolute atomic E-state index is 11.5. The molecule has 4 rings (SSSR count). The van der Waals surface area contributed by atoms with E-state index in [1.165, 1.54) is 32.1 Å². The van der Waals surface area contributed by atoms with Gasteiger partial charge >= 0.3 is 0 Å². The number of amides is 1. The molecule has 0 spiro atoms. The molecule has 0 bridgehead atoms. The van der Waals surface area contributed by atoms with E-state index in [-0.39, 0.29) is 0 Å². The Morgan fingerprint density at radius 1 is 1.22 bits per heavy atom. The third-order valence-corrected chi connectivity index (χ3v) is 5.37. The van der Waals surface area contributed by atoms with Gasteiger partial charge in [0.15, 0.2) is 17.0 Å². The highest BCUT2D eigenvalue weighted by atomic mass is 16.1. The van der Waals surface area contributed by atoms with Crippen LogP contribution in [0, 0.1) is 12.8 Å². The van der Waals surface area contributed by atoms with E-state index in [0.29, 0.717) is 17.1 Å². The van der Waals surface area contributed by atoms with Crippen LogP contribution in [0.1, 0.15) is 48.0 Å². The fraction of sp³-hybridized carbons (Fsp3) is 0.400. The van der Waals surface area contributed by atoms with Crippen LogP contribution < -0.4 is 11.1 Å². The zero-order valence-electron chi connectivity index (χ0n) is 15.5. The number of hydrogen-bond acceptors (Lipinski definition) is 5. The summed E-state index contributed by atoms with van der Waals surface area (Å²) in [5, 5.41) is 3.47. The van der Waals surface area contributed by atoms with E-state index in [4.69, 9.17) is 5.73 Å². The van der Waals surface area contributed by atoms with Crippen molar-refractivity contribution in [2.24, 2.45) is 11.7 Å². The summed E-state index contributed by atoms with van der Waals surface area (Å²) < 4.78 is 1.88. The van der Waals surface area contributed by atoms with Crippen molar-refractivity contribution in [1.29, 1.82) is 0 Å². The zero-order chi connectivity index (χ0) is 18.8. The second-order valence-electron chi connectivity index (χ2n) is 7.26. The van der Waals surface area contributed by atoms with Crippen molar-refractivity contribution in [3.05, 3.63) is 42.0 Å². The Morgan fingerprint density at radius 3 is 2.81 bits per heavy atom. The minimum absolute atomic E-state index is 0.454. The van der Waals surface area contributed by atoms with Crippen molar-refractivity contribution in [2.75, 3.05) is 11.9 Å². The van der Waals surface area contributed by atoms with E-state index in [1.54, 1.807) is 24.8 Å². The van der Waals surface area contributed by atoms with Gasteiger partial charge in [0, 0.05) is 12.1 Å². The third kappa shape index (κ3) is 3.49. The van der Waals surface area contributed by atoms with Gasteiger partial charge in [0.1, 0.15) is 12.7 Å². The van der Waals surface area contributed by atoms with Gasteiger partial charge in [0.2, 0.25) is 5.91 Å². The van der Waals surface area contributed by atoms with Crippen molar-refractivity contribution in [1.82, 2.24) is 19.5 Å². The van der Waals surface area contributed by atoms with Crippen molar-refractivity contribution < 1.29 is 4.79 Å². The van der Waals surface area contributed by atoms with Gasteiger partial charge in [0.25, 0.3) is 0 Å². The van der Waals surface area contributed by atoms with Crippen molar-refractivity contribution in [3.63, 3.8) is 0 Å². The van der Waals surface area contributed by atoms with Gasteiger partial charge in [0.05, 0.1) is 5.69 Å². The minimum atomic E-state index is -0.454. The number of hydrogen-bond donors (Lipinski definition) is 2. The molecule has 3 N–H and O–H groups in total. The smallest absolute Gasteiger partial charge is 0.248 e. The van der Waals surface area contributed by atoms with E-state index in [2.05, 4.69) is 20.3 Å². The van der Waals surface area contributed by atoms with Crippen LogP contribution in [0.15, 0.2) is 30.9 Å². The van der Waals surface area contributed by atoms with E-state index in [9.17, 15) is 4.79 Å². The van der Waals surface area contributed by atoms with Crippen LogP contribution in [0.2, 0.25) is 0 Å². The van der Waals surface area contributed by atoms with Crippen LogP contribution in [0.4, 0.5) is 5.82 Å². The number of nitrogens with two attached hydrogens (primary N) is 1. The van der Waals surface area contributed by atoms with Crippen LogP contribution in [0.5, 0.6) is 0 Å². The van der Waals surface area contributed by atoms with Gasteiger partial charge in [-0.25, -0.2) is 15.0 Å². The van der Waals surface area contributed by atoms with Gasteiger partial charge in [-0.1, -0.05) is 25.3 Å². The van der Waals surface area contributed by atoms with E-state index < -0.39 is 5.91 Å². The van der Waals surface area contributed by atoms with Gasteiger partial charge in [-0.05, 0) is 43.4 Å². The number of rotatable bonds is 5. The zero-order valence-corrected chi connectivity index (χ0v) is 15.5. The number of fused-ring (bicyclic) bond motifs is 1. The van der Waals surface area contributed by atoms with E-state index >= 15 is 0 Å². The molecule has 27 heavy (non-hydrogen) atoms. The lowest BCUT2D eigenvalue weighted by molar-refractivity contribution is 0.100. The number of aromatic nitrogens is 4. The number of carbonyl (C=O) groups is 1. The SMILES string of the molecule is Cc1ccc(C(N)=O)cc1-n1cnc2c(NCC3CCCCC3)ncnc21. The molecular formula is C20H24N6O. The largest absolute Gasteiger partial charge is 0.368 e. The van der Waals surface area contributed by atoms with E-state index in [0.717, 1.165) is 29.1 Å². The molecule has 7 nitrogen and oxygen atoms in total. The predicted molar refractivity (Wildman–Crippen MR) is 105 cm³/mol. The van der Waals surface area contributed by atoms with Gasteiger partial charge in [-0.3, -0.25) is 9.36 Å². The normalized spacial score (nSPS) is 15.1. The molecule has 0 unspecified atom stereocenters. The summed E-state index contributed by atoms with van der Waals surface area (Å²) in [6.45, 7) is 2.89. The number of nitrogens with zero attached hydrogens (tertiary/aromatic N) is 4. The average Bonchev–Trinajstić information content (AvgIpc) is 3.12. The van der Waals surface area contributed by atoms with Crippen molar-refractivity contribution >= 4 is 22.9 Å². The highest BCUT2D eigenvalue weighted by molar-refractivity contribution is 5.93. The topological polar surface area (TPSA) is 98.7 Å². The molecule has 0 atom stereocenters. The first-order valence-electron chi connectivity index (χ1n) is 9.46. The summed E-state index contributed by atoms with van der Waals surface area (Å²) >= 11 is 0. The molecule has 3 aromatic rings. The molecule has 1 aliphatic rings. The first-order valence-corrected chi connectivity index (χ1v) is 9.46. The molecule has 0 aliphatic heterocycles. The lowest BCUT2D eigenvalue weighted by Crippen LogP contribution is -2.17. The Labute approximate surface area is 158 Å². The molecule has 140 valence electrons. The maximum atomic E-state index is 11.5. The Hall–Kier alpha value is -2.96. The van der Waals surface area contributed by atoms with Crippen LogP contribution in [-0.2, 0) is 0 Å². The number of nitrogens with one attached hydrogen (secondary N) is 1. The summed E-state index contributed by atoms with van der Waals surface area (Å²) in [4.78, 5) is 24.9. The lowest BCUT2D eigenvalue weighted by atomic mass is 9.89. The maximum Gasteiger partial charge on any atom is 0.248 e. The fourth-order valence-electron chi connectivity index (χ4n) is 3.79. The number of benzene rings is 1. The van der Waals surface area contributed by atoms with Crippen LogP contribution in [0.3, 0.4) is 0 Å². The van der Waals surface area contributed by atoms with Gasteiger partial charge < -0.3 is 11.1 Å². The first kappa shape index (κ1) is 17.5. The molecule has 0 saturated heterocycles. The second-order valence-corrected chi connectivity index (χ2v) is 7.26. The predicted octanol–water partition coefficient (Wildman–Crippen LogP) is 3.22. The molecule has 1 amide bonds. The average molecular weight is 364 g/mol. The standard InChI is InChI=1S/C20H24N6O/c1-13-7-8-15(18(21)27)9-16(13)26-12-25-17-19(23-11-24-20(17)26)22-10-14-5-3-2-4-6-14/h7-9,11-12,14H,2-6,10H2,1H3,(H2,21,27)(H,22,23,24). The number of imidazole rings is 1. The monoisotopic (exact) mass is 364 g/mol. The summed E-state index contributed by atoms with van der Waals surface area (Å²) in [6.07, 6.45) is 9.80. The number of aryl methyl sites for hydroxylation is 1. The lowest BCUT2D eigenvalue weighted by Gasteiger charge is -2.21. The highest BCUT2D eigenvalue weighted by Gasteiger charge is 2.16. The van der Waals surface area contributed by atoms with Gasteiger partial charge in [-0.15, -0.1) is 0 Å². The van der Waals surface area contributed by atoms with Crippen molar-refractivity contribution in [3.8, 4) is 5.69 Å². The summed E-state index contributed by atoms with van der Waals surface area (Å²) in [7, 11) is 0. The molecule has 1 saturated carbocycles. The van der Waals surface area contributed by atoms with E-state index in [1.807, 2.05) is 17.6 Å². The Bertz CT molecular complexity index is 974. The molecule has 2 aromatic heterocycles. The van der Waals surface area contributed by atoms with Crippen LogP contribution in [0.25, 0.3) is 16.9 Å². The molecule has 0 radical (unpaired) electrons. The number of primary amides is 1. The summed E-state index contributed by atoms with van der Waals surface area (Å²) in [5.74, 6) is 0.999. The highest BCUT2D eigenvalue weighted by Crippen LogP contribution is 2.26. The van der Waals surface area contributed by atoms with Crippen molar-refractivity contribution in [2.45, 2.75) is 39.0 Å². The molecule has 1 aromatic carbocycles. The van der Waals surface area contributed by atoms with Crippen LogP contribution >= 0.6 is 0 Å². The fourth-order valence-corrected chi connectivity index (χ4v) is 3.79. The summed E-state index contributed by atoms with van der Waals surface area (Å²) in [6, 6.07) is 5.38. The van der Waals surface area contributed by atoms with Gasteiger partial charge in [-0.2, -0.15) is 0 Å². The second kappa shape index (κ2) is 7.34. The van der Waals surface area contributed by atoms with Crippen LogP contribution in [-0.4, -0.2) is 32.0 Å². The first-order chi connectivity index (χ1) is 13.1. The quantitative estimate of drug-likeness (QED) is 0.724. The Morgan fingerprint density at radius 2 is 2.04 bits per heavy atom. The molecule has 1 aliphatic carbocycles. The molecule has 7 heteroatoms. The third-order valence-electron chi connectivity index (χ3n) is 5.37. The molecular weight excluding hydrogens is 340 g/mol. The minimum Gasteiger partial charge on any atom is -0.368 e. The Kier molecular flexibility index (Phi) is 4.75.